The summed E-state index contributed by atoms with van der Waals surface area (Å²) in [5, 5.41) is 0. The fourth-order valence-electron chi connectivity index (χ4n) is 3.12. The van der Waals surface area contributed by atoms with Crippen molar-refractivity contribution in [3.05, 3.63) is 29.4 Å². The van der Waals surface area contributed by atoms with Crippen molar-refractivity contribution >= 4 is 0 Å². The van der Waals surface area contributed by atoms with Gasteiger partial charge in [-0.05, 0) is 44.9 Å². The molecule has 0 amide bonds. The molecule has 0 saturated heterocycles. The number of hydrogen-bond donors (Lipinski definition) is 1. The second-order valence-electron chi connectivity index (χ2n) is 6.36. The smallest absolute Gasteiger partial charge is 0.220 e. The van der Waals surface area contributed by atoms with Gasteiger partial charge >= 0.3 is 0 Å². The number of allylic oxidation sites excluding steroid dienone is 1. The van der Waals surface area contributed by atoms with Crippen molar-refractivity contribution in [1.29, 1.82) is 0 Å². The zero-order valence-corrected chi connectivity index (χ0v) is 14.0. The van der Waals surface area contributed by atoms with Crippen LogP contribution in [0.3, 0.4) is 0 Å². The number of nitrogens with zero attached hydrogens (tertiary/aromatic N) is 2. The van der Waals surface area contributed by atoms with Crippen LogP contribution in [-0.2, 0) is 17.7 Å². The van der Waals surface area contributed by atoms with Crippen molar-refractivity contribution in [2.45, 2.75) is 70.8 Å². The Bertz CT molecular complexity index is 545. The molecule has 1 unspecified atom stereocenters. The predicted octanol–water partition coefficient (Wildman–Crippen LogP) is 3.49. The van der Waals surface area contributed by atoms with Crippen LogP contribution in [0.4, 0.5) is 0 Å². The minimum absolute atomic E-state index is 0.206. The van der Waals surface area contributed by atoms with Gasteiger partial charge in [-0.25, -0.2) is 9.97 Å². The maximum absolute atomic E-state index is 6.18. The third kappa shape index (κ3) is 4.44. The largest absolute Gasteiger partial charge is 0.474 e. The third-order valence-corrected chi connectivity index (χ3v) is 4.53. The summed E-state index contributed by atoms with van der Waals surface area (Å²) in [5.41, 5.74) is 6.65. The average Bonchev–Trinajstić information content (AvgIpc) is 2.60. The molecular formula is C18H27N3O2. The molecule has 0 bridgehead atoms. The van der Waals surface area contributed by atoms with E-state index in [4.69, 9.17) is 9.57 Å². The summed E-state index contributed by atoms with van der Waals surface area (Å²) >= 11 is 0. The van der Waals surface area contributed by atoms with Crippen molar-refractivity contribution < 1.29 is 9.57 Å². The fourth-order valence-corrected chi connectivity index (χ4v) is 3.12. The minimum Gasteiger partial charge on any atom is -0.474 e. The summed E-state index contributed by atoms with van der Waals surface area (Å²) in [6.07, 6.45) is 13.7. The highest BCUT2D eigenvalue weighted by atomic mass is 16.6. The Morgan fingerprint density at radius 3 is 2.96 bits per heavy atom. The highest BCUT2D eigenvalue weighted by Crippen LogP contribution is 2.29. The number of nitrogens with one attached hydrogen (secondary N) is 1. The Morgan fingerprint density at radius 1 is 1.22 bits per heavy atom. The summed E-state index contributed by atoms with van der Waals surface area (Å²) in [7, 11) is 0. The molecule has 0 fully saturated rings. The van der Waals surface area contributed by atoms with Crippen LogP contribution in [-0.4, -0.2) is 22.7 Å². The lowest BCUT2D eigenvalue weighted by Gasteiger charge is -2.25. The van der Waals surface area contributed by atoms with Crippen LogP contribution >= 0.6 is 0 Å². The van der Waals surface area contributed by atoms with Gasteiger partial charge in [-0.15, -0.1) is 0 Å². The molecule has 2 aliphatic carbocycles. The topological polar surface area (TPSA) is 56.3 Å². The lowest BCUT2D eigenvalue weighted by Crippen LogP contribution is -2.25. The lowest BCUT2D eigenvalue weighted by atomic mass is 9.97. The number of fused-ring (bicyclic) bond motifs is 1. The monoisotopic (exact) mass is 317 g/mol. The predicted molar refractivity (Wildman–Crippen MR) is 89.0 cm³/mol. The molecule has 1 aromatic rings. The van der Waals surface area contributed by atoms with E-state index in [1.54, 1.807) is 6.33 Å². The summed E-state index contributed by atoms with van der Waals surface area (Å²) < 4.78 is 6.18. The summed E-state index contributed by atoms with van der Waals surface area (Å²) in [6.45, 7) is 2.93. The van der Waals surface area contributed by atoms with Gasteiger partial charge in [0.1, 0.15) is 12.4 Å². The number of aryl methyl sites for hydroxylation is 1. The average molecular weight is 317 g/mol. The number of rotatable bonds is 7. The van der Waals surface area contributed by atoms with Crippen molar-refractivity contribution in [2.75, 3.05) is 6.61 Å². The van der Waals surface area contributed by atoms with Crippen LogP contribution in [0.5, 0.6) is 5.88 Å². The Kier molecular flexibility index (Phi) is 5.86. The zero-order valence-electron chi connectivity index (χ0n) is 14.0. The van der Waals surface area contributed by atoms with Gasteiger partial charge in [0.05, 0.1) is 12.3 Å². The van der Waals surface area contributed by atoms with E-state index in [1.165, 1.54) is 29.8 Å². The van der Waals surface area contributed by atoms with Gasteiger partial charge in [0, 0.05) is 17.7 Å². The summed E-state index contributed by atoms with van der Waals surface area (Å²) in [5.74, 6) is 0.809. The first-order valence-corrected chi connectivity index (χ1v) is 8.93. The van der Waals surface area contributed by atoms with E-state index >= 15 is 0 Å². The Balaban J connectivity index is 1.52. The number of ether oxygens (including phenoxy) is 1. The molecule has 0 saturated carbocycles. The highest BCUT2D eigenvalue weighted by Gasteiger charge is 2.21. The third-order valence-electron chi connectivity index (χ3n) is 4.53. The fraction of sp³-hybridized carbons (Fsp3) is 0.667. The lowest BCUT2D eigenvalue weighted by molar-refractivity contribution is 0.0541. The van der Waals surface area contributed by atoms with Gasteiger partial charge in [0.25, 0.3) is 0 Å². The second-order valence-corrected chi connectivity index (χ2v) is 6.36. The molecule has 5 nitrogen and oxygen atoms in total. The van der Waals surface area contributed by atoms with E-state index < -0.39 is 0 Å². The van der Waals surface area contributed by atoms with Crippen LogP contribution in [0.15, 0.2) is 18.1 Å². The van der Waals surface area contributed by atoms with Gasteiger partial charge < -0.3 is 4.74 Å². The van der Waals surface area contributed by atoms with Crippen LogP contribution in [0.2, 0.25) is 0 Å². The molecule has 0 aliphatic heterocycles. The minimum atomic E-state index is 0.206. The molecule has 0 aromatic carbocycles. The maximum Gasteiger partial charge on any atom is 0.220 e. The molecule has 0 radical (unpaired) electrons. The van der Waals surface area contributed by atoms with Crippen LogP contribution < -0.4 is 10.2 Å². The number of unbranched alkanes of at least 4 members (excludes halogenated alkanes) is 1. The molecule has 1 atom stereocenters. The first-order valence-electron chi connectivity index (χ1n) is 8.93. The maximum atomic E-state index is 6.18. The SMILES string of the molecule is CCCCONC1=CCC(Oc2ncnc3c2CCCC3)CC1. The van der Waals surface area contributed by atoms with Gasteiger partial charge in [-0.3, -0.25) is 10.3 Å². The van der Waals surface area contributed by atoms with Gasteiger partial charge in [-0.2, -0.15) is 0 Å². The van der Waals surface area contributed by atoms with Crippen LogP contribution in [0, 0.1) is 0 Å². The molecule has 23 heavy (non-hydrogen) atoms. The van der Waals surface area contributed by atoms with Crippen molar-refractivity contribution in [2.24, 2.45) is 0 Å². The molecular weight excluding hydrogens is 290 g/mol. The molecule has 1 aromatic heterocycles. The van der Waals surface area contributed by atoms with E-state index in [0.717, 1.165) is 57.4 Å². The molecule has 2 aliphatic rings. The number of hydroxylamine groups is 1. The first-order chi connectivity index (χ1) is 11.4. The van der Waals surface area contributed by atoms with E-state index in [9.17, 15) is 0 Å². The first kappa shape index (κ1) is 16.2. The number of hydrogen-bond acceptors (Lipinski definition) is 5. The van der Waals surface area contributed by atoms with Gasteiger partial charge in [0.15, 0.2) is 0 Å². The molecule has 3 rings (SSSR count). The Labute approximate surface area is 138 Å². The zero-order chi connectivity index (χ0) is 15.9. The van der Waals surface area contributed by atoms with Gasteiger partial charge in [-0.1, -0.05) is 19.4 Å². The Morgan fingerprint density at radius 2 is 2.13 bits per heavy atom. The summed E-state index contributed by atoms with van der Waals surface area (Å²) in [4.78, 5) is 14.2. The number of aromatic nitrogens is 2. The summed E-state index contributed by atoms with van der Waals surface area (Å²) in [6, 6.07) is 0. The standard InChI is InChI=1S/C18H27N3O2/c1-2-3-12-22-21-14-8-10-15(11-9-14)23-18-16-6-4-5-7-17(16)19-13-20-18/h8,13,15,21H,2-7,9-12H2,1H3. The van der Waals surface area contributed by atoms with E-state index in [2.05, 4.69) is 28.4 Å². The highest BCUT2D eigenvalue weighted by molar-refractivity contribution is 5.32. The molecule has 5 heteroatoms. The molecule has 0 spiro atoms. The van der Waals surface area contributed by atoms with Crippen LogP contribution in [0.25, 0.3) is 0 Å². The van der Waals surface area contributed by atoms with E-state index in [-0.39, 0.29) is 6.10 Å². The van der Waals surface area contributed by atoms with E-state index in [1.807, 2.05) is 0 Å². The normalized spacial score (nSPS) is 20.6. The van der Waals surface area contributed by atoms with Crippen molar-refractivity contribution in [3.8, 4) is 5.88 Å². The van der Waals surface area contributed by atoms with Crippen molar-refractivity contribution in [1.82, 2.24) is 15.4 Å². The van der Waals surface area contributed by atoms with Gasteiger partial charge in [0.2, 0.25) is 5.88 Å². The van der Waals surface area contributed by atoms with Crippen LogP contribution in [0.1, 0.15) is 63.1 Å². The molecule has 126 valence electrons. The second kappa shape index (κ2) is 8.29. The Hall–Kier alpha value is -1.62. The molecule has 1 heterocycles. The quantitative estimate of drug-likeness (QED) is 0.616. The molecule has 1 N–H and O–H groups in total. The van der Waals surface area contributed by atoms with E-state index in [0.29, 0.717) is 0 Å². The van der Waals surface area contributed by atoms with Crippen molar-refractivity contribution in [3.63, 3.8) is 0 Å².